The standard InChI is InChI=1S/C30H25F3N4O5/c1-15(30(40)41-3)11-16-5-4-6-17(12-16)26(39)28-35-29(37(2)36-28)20-13-18(7-8-22(20)31)42-27-21(14-38)19-9-10-34-25(19)23(32)24(27)33/h4-10,12-13,15,34,38H,11,14H2,1-3H3/t15-/m1/s1. The van der Waals surface area contributed by atoms with Crippen LogP contribution in [0, 0.1) is 23.4 Å². The van der Waals surface area contributed by atoms with Crippen LogP contribution in [0.15, 0.2) is 54.7 Å². The van der Waals surface area contributed by atoms with Crippen molar-refractivity contribution >= 4 is 22.7 Å². The number of hydrogen-bond acceptors (Lipinski definition) is 7. The molecule has 0 aliphatic heterocycles. The Hall–Kier alpha value is -4.97. The second-order valence-electron chi connectivity index (χ2n) is 9.64. The highest BCUT2D eigenvalue weighted by molar-refractivity contribution is 6.06. The average molecular weight is 579 g/mol. The van der Waals surface area contributed by atoms with E-state index < -0.39 is 41.5 Å². The molecule has 0 spiro atoms. The van der Waals surface area contributed by atoms with Gasteiger partial charge in [0.2, 0.25) is 17.4 Å². The van der Waals surface area contributed by atoms with Gasteiger partial charge in [0.1, 0.15) is 11.6 Å². The lowest BCUT2D eigenvalue weighted by Gasteiger charge is -2.14. The molecule has 5 aromatic rings. The number of ether oxygens (including phenoxy) is 2. The van der Waals surface area contributed by atoms with Crippen LogP contribution in [0.1, 0.15) is 34.2 Å². The van der Waals surface area contributed by atoms with Gasteiger partial charge in [0.25, 0.3) is 0 Å². The molecule has 2 N–H and O–H groups in total. The highest BCUT2D eigenvalue weighted by Gasteiger charge is 2.24. The third-order valence-corrected chi connectivity index (χ3v) is 6.82. The van der Waals surface area contributed by atoms with Gasteiger partial charge in [0.15, 0.2) is 17.4 Å². The number of benzene rings is 3. The molecule has 2 heterocycles. The van der Waals surface area contributed by atoms with Crippen molar-refractivity contribution in [3.05, 3.63) is 94.7 Å². The number of nitrogens with one attached hydrogen (secondary N) is 1. The van der Waals surface area contributed by atoms with Crippen molar-refractivity contribution in [1.29, 1.82) is 0 Å². The van der Waals surface area contributed by atoms with E-state index in [0.29, 0.717) is 6.42 Å². The maximum Gasteiger partial charge on any atom is 0.308 e. The molecule has 0 unspecified atom stereocenters. The summed E-state index contributed by atoms with van der Waals surface area (Å²) in [6.45, 7) is 1.07. The number of hydrogen-bond donors (Lipinski definition) is 2. The molecule has 42 heavy (non-hydrogen) atoms. The van der Waals surface area contributed by atoms with Crippen molar-refractivity contribution in [3.63, 3.8) is 0 Å². The van der Waals surface area contributed by atoms with Gasteiger partial charge in [-0.2, -0.15) is 4.39 Å². The lowest BCUT2D eigenvalue weighted by Crippen LogP contribution is -2.15. The summed E-state index contributed by atoms with van der Waals surface area (Å²) in [6, 6.07) is 11.6. The van der Waals surface area contributed by atoms with E-state index in [1.165, 1.54) is 43.2 Å². The summed E-state index contributed by atoms with van der Waals surface area (Å²) in [6.07, 6.45) is 1.75. The number of aromatic nitrogens is 4. The molecule has 0 saturated carbocycles. The molecule has 5 rings (SSSR count). The molecule has 0 saturated heterocycles. The van der Waals surface area contributed by atoms with E-state index in [0.717, 1.165) is 11.6 Å². The topological polar surface area (TPSA) is 119 Å². The predicted octanol–water partition coefficient (Wildman–Crippen LogP) is 5.25. The Morgan fingerprint density at radius 2 is 1.88 bits per heavy atom. The summed E-state index contributed by atoms with van der Waals surface area (Å²) in [5.74, 6) is -5.40. The number of carbonyl (C=O) groups is 2. The third kappa shape index (κ3) is 5.23. The van der Waals surface area contributed by atoms with Crippen molar-refractivity contribution in [2.75, 3.05) is 7.11 Å². The van der Waals surface area contributed by atoms with Gasteiger partial charge in [-0.05, 0) is 42.3 Å². The number of halogens is 3. The number of aliphatic hydroxyl groups is 1. The molecular formula is C30H25F3N4O5. The number of esters is 1. The van der Waals surface area contributed by atoms with Crippen molar-refractivity contribution in [2.45, 2.75) is 20.0 Å². The number of nitrogens with zero attached hydrogens (tertiary/aromatic N) is 3. The van der Waals surface area contributed by atoms with Crippen molar-refractivity contribution in [2.24, 2.45) is 13.0 Å². The Kier molecular flexibility index (Phi) is 7.81. The van der Waals surface area contributed by atoms with E-state index in [1.54, 1.807) is 31.2 Å². The third-order valence-electron chi connectivity index (χ3n) is 6.82. The van der Waals surface area contributed by atoms with Gasteiger partial charge < -0.3 is 19.6 Å². The number of methoxy groups -OCH3 is 1. The van der Waals surface area contributed by atoms with Gasteiger partial charge >= 0.3 is 5.97 Å². The molecular weight excluding hydrogens is 553 g/mol. The van der Waals surface area contributed by atoms with Gasteiger partial charge in [0.05, 0.1) is 30.7 Å². The van der Waals surface area contributed by atoms with Gasteiger partial charge in [-0.15, -0.1) is 5.10 Å². The van der Waals surface area contributed by atoms with E-state index in [-0.39, 0.29) is 51.0 Å². The van der Waals surface area contributed by atoms with Gasteiger partial charge in [0, 0.05) is 29.8 Å². The number of carbonyl (C=O) groups excluding carboxylic acids is 2. The molecule has 0 radical (unpaired) electrons. The number of aromatic amines is 1. The van der Waals surface area contributed by atoms with Gasteiger partial charge in [-0.25, -0.2) is 18.4 Å². The van der Waals surface area contributed by atoms with Crippen LogP contribution in [0.2, 0.25) is 0 Å². The number of ketones is 1. The zero-order valence-electron chi connectivity index (χ0n) is 22.7. The maximum atomic E-state index is 15.0. The zero-order chi connectivity index (χ0) is 30.1. The SMILES string of the molecule is COC(=O)[C@H](C)Cc1cccc(C(=O)c2nc(-c3cc(Oc4c(F)c(F)c5[nH]ccc5c4CO)ccc3F)n(C)n2)c1. The molecule has 2 aromatic heterocycles. The summed E-state index contributed by atoms with van der Waals surface area (Å²) >= 11 is 0. The van der Waals surface area contributed by atoms with Crippen molar-refractivity contribution < 1.29 is 37.3 Å². The smallest absolute Gasteiger partial charge is 0.308 e. The van der Waals surface area contributed by atoms with Crippen LogP contribution >= 0.6 is 0 Å². The molecule has 216 valence electrons. The van der Waals surface area contributed by atoms with E-state index in [1.807, 2.05) is 0 Å². The lowest BCUT2D eigenvalue weighted by molar-refractivity contribution is -0.144. The normalized spacial score (nSPS) is 12.0. The lowest BCUT2D eigenvalue weighted by atomic mass is 9.98. The van der Waals surface area contributed by atoms with Crippen LogP contribution in [0.3, 0.4) is 0 Å². The second-order valence-corrected chi connectivity index (χ2v) is 9.64. The summed E-state index contributed by atoms with van der Waals surface area (Å²) in [4.78, 5) is 31.9. The number of fused-ring (bicyclic) bond motifs is 1. The summed E-state index contributed by atoms with van der Waals surface area (Å²) in [5, 5.41) is 14.3. The zero-order valence-corrected chi connectivity index (χ0v) is 22.7. The van der Waals surface area contributed by atoms with E-state index in [2.05, 4.69) is 15.1 Å². The van der Waals surface area contributed by atoms with Gasteiger partial charge in [-0.3, -0.25) is 9.59 Å². The fourth-order valence-electron chi connectivity index (χ4n) is 4.71. The maximum absolute atomic E-state index is 15.0. The fourth-order valence-corrected chi connectivity index (χ4v) is 4.71. The quantitative estimate of drug-likeness (QED) is 0.181. The number of aryl methyl sites for hydroxylation is 1. The Morgan fingerprint density at radius 3 is 2.62 bits per heavy atom. The monoisotopic (exact) mass is 578 g/mol. The molecule has 0 aliphatic carbocycles. The van der Waals surface area contributed by atoms with Crippen molar-refractivity contribution in [1.82, 2.24) is 19.7 Å². The van der Waals surface area contributed by atoms with E-state index >= 15 is 0 Å². The minimum absolute atomic E-state index is 0.00535. The molecule has 1 atom stereocenters. The van der Waals surface area contributed by atoms with Crippen LogP contribution < -0.4 is 4.74 Å². The number of rotatable bonds is 9. The van der Waals surface area contributed by atoms with Crippen LogP contribution in [0.25, 0.3) is 22.3 Å². The van der Waals surface area contributed by atoms with Crippen LogP contribution in [-0.4, -0.2) is 43.7 Å². The largest absolute Gasteiger partial charge is 0.469 e. The second kappa shape index (κ2) is 11.5. The summed E-state index contributed by atoms with van der Waals surface area (Å²) < 4.78 is 56.1. The molecule has 0 aliphatic rings. The van der Waals surface area contributed by atoms with Crippen LogP contribution in [0.5, 0.6) is 11.5 Å². The molecule has 0 fully saturated rings. The van der Waals surface area contributed by atoms with Crippen LogP contribution in [-0.2, 0) is 29.6 Å². The Balaban J connectivity index is 1.46. The fraction of sp³-hybridized carbons (Fsp3) is 0.200. The minimum Gasteiger partial charge on any atom is -0.469 e. The number of H-pyrrole nitrogens is 1. The minimum atomic E-state index is -1.32. The molecule has 0 amide bonds. The van der Waals surface area contributed by atoms with E-state index in [4.69, 9.17) is 9.47 Å². The first kappa shape index (κ1) is 28.6. The molecule has 12 heteroatoms. The highest BCUT2D eigenvalue weighted by atomic mass is 19.2. The van der Waals surface area contributed by atoms with Gasteiger partial charge in [-0.1, -0.05) is 25.1 Å². The first-order chi connectivity index (χ1) is 20.1. The first-order valence-corrected chi connectivity index (χ1v) is 12.8. The summed E-state index contributed by atoms with van der Waals surface area (Å²) in [7, 11) is 2.78. The Morgan fingerprint density at radius 1 is 1.10 bits per heavy atom. The molecule has 0 bridgehead atoms. The van der Waals surface area contributed by atoms with Crippen molar-refractivity contribution in [3.8, 4) is 22.9 Å². The number of aliphatic hydroxyl groups excluding tert-OH is 1. The highest BCUT2D eigenvalue weighted by Crippen LogP contribution is 2.37. The van der Waals surface area contributed by atoms with E-state index in [9.17, 15) is 27.9 Å². The Bertz CT molecular complexity index is 1830. The molecule has 9 nitrogen and oxygen atoms in total. The molecule has 3 aromatic carbocycles. The van der Waals surface area contributed by atoms with Crippen LogP contribution in [0.4, 0.5) is 13.2 Å². The predicted molar refractivity (Wildman–Crippen MR) is 145 cm³/mol. The summed E-state index contributed by atoms with van der Waals surface area (Å²) in [5.41, 5.74) is 0.772. The Labute approximate surface area is 237 Å². The average Bonchev–Trinajstić information content (AvgIpc) is 3.63. The first-order valence-electron chi connectivity index (χ1n) is 12.8.